The monoisotopic (exact) mass is 279 g/mol. The maximum Gasteiger partial charge on any atom is 0.165 e. The van der Waals surface area contributed by atoms with Gasteiger partial charge in [-0.2, -0.15) is 11.8 Å². The molecule has 1 aromatic heterocycles. The standard InChI is InChI=1S/C16H25NOS/c1-11(6-7-19-5)17-12(2)8-13-14(17)9-16(3,4)10-15(13)18/h8,11H,6-7,9-10H2,1-5H3. The quantitative estimate of drug-likeness (QED) is 0.821. The van der Waals surface area contributed by atoms with Gasteiger partial charge in [0.05, 0.1) is 0 Å². The summed E-state index contributed by atoms with van der Waals surface area (Å²) in [5.41, 5.74) is 3.59. The third-order valence-electron chi connectivity index (χ3n) is 4.10. The molecule has 1 aliphatic rings. The van der Waals surface area contributed by atoms with Crippen LogP contribution in [0.2, 0.25) is 0 Å². The Morgan fingerprint density at radius 1 is 1.42 bits per heavy atom. The van der Waals surface area contributed by atoms with E-state index < -0.39 is 0 Å². The largest absolute Gasteiger partial charge is 0.345 e. The van der Waals surface area contributed by atoms with Crippen molar-refractivity contribution in [2.24, 2.45) is 5.41 Å². The molecule has 106 valence electrons. The molecule has 3 heteroatoms. The molecule has 0 aliphatic heterocycles. The summed E-state index contributed by atoms with van der Waals surface area (Å²) in [6, 6.07) is 2.58. The highest BCUT2D eigenvalue weighted by Gasteiger charge is 2.34. The summed E-state index contributed by atoms with van der Waals surface area (Å²) in [4.78, 5) is 12.3. The zero-order valence-corrected chi connectivity index (χ0v) is 13.6. The van der Waals surface area contributed by atoms with E-state index in [0.29, 0.717) is 18.2 Å². The van der Waals surface area contributed by atoms with E-state index in [1.165, 1.54) is 17.1 Å². The van der Waals surface area contributed by atoms with Gasteiger partial charge in [-0.3, -0.25) is 4.79 Å². The Kier molecular flexibility index (Phi) is 4.14. The molecular formula is C16H25NOS. The second kappa shape index (κ2) is 5.35. The van der Waals surface area contributed by atoms with E-state index >= 15 is 0 Å². The van der Waals surface area contributed by atoms with E-state index in [2.05, 4.69) is 44.6 Å². The first-order chi connectivity index (χ1) is 8.85. The lowest BCUT2D eigenvalue weighted by Gasteiger charge is -2.31. The first kappa shape index (κ1) is 14.7. The van der Waals surface area contributed by atoms with Gasteiger partial charge < -0.3 is 4.57 Å². The molecule has 0 bridgehead atoms. The zero-order chi connectivity index (χ0) is 14.2. The summed E-state index contributed by atoms with van der Waals surface area (Å²) in [7, 11) is 0. The molecule has 0 aromatic carbocycles. The third-order valence-corrected chi connectivity index (χ3v) is 4.74. The molecular weight excluding hydrogens is 254 g/mol. The number of thioether (sulfide) groups is 1. The van der Waals surface area contributed by atoms with Crippen LogP contribution in [-0.4, -0.2) is 22.4 Å². The van der Waals surface area contributed by atoms with Gasteiger partial charge >= 0.3 is 0 Å². The topological polar surface area (TPSA) is 22.0 Å². The normalized spacial score (nSPS) is 19.3. The molecule has 1 aromatic rings. The van der Waals surface area contributed by atoms with Crippen LogP contribution in [0, 0.1) is 12.3 Å². The number of rotatable bonds is 4. The molecule has 0 saturated carbocycles. The SMILES string of the molecule is CSCCC(C)n1c(C)cc2c1CC(C)(C)CC2=O. The summed E-state index contributed by atoms with van der Waals surface area (Å²) in [5, 5.41) is 0. The van der Waals surface area contributed by atoms with E-state index in [4.69, 9.17) is 0 Å². The second-order valence-electron chi connectivity index (χ2n) is 6.59. The Morgan fingerprint density at radius 3 is 2.74 bits per heavy atom. The van der Waals surface area contributed by atoms with Crippen LogP contribution in [0.4, 0.5) is 0 Å². The average Bonchev–Trinajstić information content (AvgIpc) is 2.61. The summed E-state index contributed by atoms with van der Waals surface area (Å²) in [6.45, 7) is 8.81. The Balaban J connectivity index is 2.38. The second-order valence-corrected chi connectivity index (χ2v) is 7.57. The molecule has 19 heavy (non-hydrogen) atoms. The Morgan fingerprint density at radius 2 is 2.11 bits per heavy atom. The third kappa shape index (κ3) is 2.91. The van der Waals surface area contributed by atoms with Gasteiger partial charge in [0.1, 0.15) is 0 Å². The molecule has 0 radical (unpaired) electrons. The lowest BCUT2D eigenvalue weighted by atomic mass is 9.76. The van der Waals surface area contributed by atoms with Crippen molar-refractivity contribution in [1.29, 1.82) is 0 Å². The number of carbonyl (C=O) groups is 1. The predicted molar refractivity (Wildman–Crippen MR) is 83.3 cm³/mol. The highest BCUT2D eigenvalue weighted by molar-refractivity contribution is 7.98. The molecule has 0 amide bonds. The molecule has 1 aliphatic carbocycles. The van der Waals surface area contributed by atoms with E-state index in [0.717, 1.165) is 18.4 Å². The number of aryl methyl sites for hydroxylation is 1. The Hall–Kier alpha value is -0.700. The number of carbonyl (C=O) groups excluding carboxylic acids is 1. The minimum atomic E-state index is 0.103. The number of ketones is 1. The minimum absolute atomic E-state index is 0.103. The molecule has 0 fully saturated rings. The molecule has 0 N–H and O–H groups in total. The number of hydrogen-bond donors (Lipinski definition) is 0. The van der Waals surface area contributed by atoms with Crippen molar-refractivity contribution in [2.45, 2.75) is 53.0 Å². The Bertz CT molecular complexity index is 487. The van der Waals surface area contributed by atoms with Crippen molar-refractivity contribution in [2.75, 3.05) is 12.0 Å². The van der Waals surface area contributed by atoms with Crippen LogP contribution < -0.4 is 0 Å². The van der Waals surface area contributed by atoms with Crippen LogP contribution >= 0.6 is 11.8 Å². The van der Waals surface area contributed by atoms with Gasteiger partial charge in [-0.05, 0) is 50.2 Å². The highest BCUT2D eigenvalue weighted by atomic mass is 32.2. The fraction of sp³-hybridized carbons (Fsp3) is 0.688. The number of Topliss-reactive ketones (excluding diaryl/α,β-unsaturated/α-hetero) is 1. The van der Waals surface area contributed by atoms with Crippen LogP contribution in [-0.2, 0) is 6.42 Å². The van der Waals surface area contributed by atoms with Crippen LogP contribution in [0.25, 0.3) is 0 Å². The summed E-state index contributed by atoms with van der Waals surface area (Å²) >= 11 is 1.89. The predicted octanol–water partition coefficient (Wildman–Crippen LogP) is 4.27. The van der Waals surface area contributed by atoms with Crippen LogP contribution in [0.15, 0.2) is 6.07 Å². The van der Waals surface area contributed by atoms with Gasteiger partial charge in [-0.1, -0.05) is 13.8 Å². The van der Waals surface area contributed by atoms with Crippen molar-refractivity contribution in [3.8, 4) is 0 Å². The van der Waals surface area contributed by atoms with E-state index in [-0.39, 0.29) is 5.41 Å². The van der Waals surface area contributed by atoms with Gasteiger partial charge in [0.2, 0.25) is 0 Å². The number of hydrogen-bond acceptors (Lipinski definition) is 2. The smallest absolute Gasteiger partial charge is 0.165 e. The highest BCUT2D eigenvalue weighted by Crippen LogP contribution is 2.37. The maximum absolute atomic E-state index is 12.3. The molecule has 1 unspecified atom stereocenters. The van der Waals surface area contributed by atoms with Crippen molar-refractivity contribution < 1.29 is 4.79 Å². The number of aromatic nitrogens is 1. The molecule has 1 atom stereocenters. The van der Waals surface area contributed by atoms with Crippen molar-refractivity contribution >= 4 is 17.5 Å². The number of nitrogens with zero attached hydrogens (tertiary/aromatic N) is 1. The molecule has 0 spiro atoms. The Labute approximate surface area is 121 Å². The molecule has 2 rings (SSSR count). The van der Waals surface area contributed by atoms with Crippen molar-refractivity contribution in [3.05, 3.63) is 23.0 Å². The van der Waals surface area contributed by atoms with Crippen LogP contribution in [0.3, 0.4) is 0 Å². The molecule has 2 nitrogen and oxygen atoms in total. The first-order valence-electron chi connectivity index (χ1n) is 7.08. The fourth-order valence-corrected chi connectivity index (χ4v) is 3.78. The van der Waals surface area contributed by atoms with Crippen molar-refractivity contribution in [1.82, 2.24) is 4.57 Å². The van der Waals surface area contributed by atoms with Gasteiger partial charge in [-0.25, -0.2) is 0 Å². The average molecular weight is 279 g/mol. The first-order valence-corrected chi connectivity index (χ1v) is 8.48. The fourth-order valence-electron chi connectivity index (χ4n) is 3.20. The summed E-state index contributed by atoms with van der Waals surface area (Å²) in [6.07, 6.45) is 5.02. The zero-order valence-electron chi connectivity index (χ0n) is 12.7. The molecule has 0 saturated heterocycles. The van der Waals surface area contributed by atoms with Crippen LogP contribution in [0.5, 0.6) is 0 Å². The van der Waals surface area contributed by atoms with Crippen molar-refractivity contribution in [3.63, 3.8) is 0 Å². The van der Waals surface area contributed by atoms with Crippen LogP contribution in [0.1, 0.15) is 61.4 Å². The lowest BCUT2D eigenvalue weighted by Crippen LogP contribution is -2.28. The maximum atomic E-state index is 12.3. The molecule has 1 heterocycles. The van der Waals surface area contributed by atoms with E-state index in [9.17, 15) is 4.79 Å². The number of fused-ring (bicyclic) bond motifs is 1. The van der Waals surface area contributed by atoms with E-state index in [1.807, 2.05) is 11.8 Å². The summed E-state index contributed by atoms with van der Waals surface area (Å²) in [5.74, 6) is 1.50. The summed E-state index contributed by atoms with van der Waals surface area (Å²) < 4.78 is 2.41. The van der Waals surface area contributed by atoms with Gasteiger partial charge in [0, 0.05) is 29.4 Å². The lowest BCUT2D eigenvalue weighted by molar-refractivity contribution is 0.0909. The van der Waals surface area contributed by atoms with Gasteiger partial charge in [0.15, 0.2) is 5.78 Å². The van der Waals surface area contributed by atoms with E-state index in [1.54, 1.807) is 0 Å². The van der Waals surface area contributed by atoms with Gasteiger partial charge in [-0.15, -0.1) is 0 Å². The van der Waals surface area contributed by atoms with Gasteiger partial charge in [0.25, 0.3) is 0 Å². The minimum Gasteiger partial charge on any atom is -0.345 e.